The molecule has 0 fully saturated rings. The number of rotatable bonds is 4. The molecule has 0 aliphatic heterocycles. The van der Waals surface area contributed by atoms with Crippen LogP contribution in [0.5, 0.6) is 0 Å². The Labute approximate surface area is 142 Å². The second-order valence-corrected chi connectivity index (χ2v) is 5.82. The summed E-state index contributed by atoms with van der Waals surface area (Å²) in [6, 6.07) is 17.6. The number of allylic oxidation sites excluding steroid dienone is 1. The Morgan fingerprint density at radius 3 is 2.54 bits per heavy atom. The molecule has 3 rings (SSSR count). The first-order chi connectivity index (χ1) is 11.7. The molecule has 1 aliphatic carbocycles. The summed E-state index contributed by atoms with van der Waals surface area (Å²) in [4.78, 5) is 24.8. The molecule has 0 amide bonds. The predicted octanol–water partition coefficient (Wildman–Crippen LogP) is 3.93. The van der Waals surface area contributed by atoms with Crippen molar-refractivity contribution in [1.29, 1.82) is 0 Å². The van der Waals surface area contributed by atoms with Crippen molar-refractivity contribution >= 4 is 17.3 Å². The second kappa shape index (κ2) is 7.26. The first kappa shape index (κ1) is 16.2. The normalized spacial score (nSPS) is 17.3. The molecule has 1 unspecified atom stereocenters. The monoisotopic (exact) mass is 320 g/mol. The van der Waals surface area contributed by atoms with Gasteiger partial charge in [-0.2, -0.15) is 0 Å². The first-order valence-electron chi connectivity index (χ1n) is 8.25. The molecule has 0 heterocycles. The quantitative estimate of drug-likeness (QED) is 0.633. The van der Waals surface area contributed by atoms with Gasteiger partial charge in [0.2, 0.25) is 0 Å². The van der Waals surface area contributed by atoms with Gasteiger partial charge in [-0.1, -0.05) is 54.6 Å². The van der Waals surface area contributed by atoms with E-state index < -0.39 is 11.9 Å². The Kier molecular flexibility index (Phi) is 4.90. The Balaban J connectivity index is 2.12. The number of Topliss-reactive ketones (excluding diaryl/α,β-unsaturated/α-hetero) is 1. The van der Waals surface area contributed by atoms with Crippen LogP contribution in [0, 0.1) is 0 Å². The van der Waals surface area contributed by atoms with Crippen LogP contribution in [0.1, 0.15) is 36.0 Å². The summed E-state index contributed by atoms with van der Waals surface area (Å²) in [6.45, 7) is 2.08. The van der Waals surface area contributed by atoms with Crippen LogP contribution in [-0.4, -0.2) is 18.4 Å². The summed E-state index contributed by atoms with van der Waals surface area (Å²) in [7, 11) is 0. The third-order valence-electron chi connectivity index (χ3n) is 4.31. The van der Waals surface area contributed by atoms with Gasteiger partial charge in [0, 0.05) is 12.5 Å². The summed E-state index contributed by atoms with van der Waals surface area (Å²) in [5, 5.41) is 0. The van der Waals surface area contributed by atoms with Gasteiger partial charge < -0.3 is 4.74 Å². The van der Waals surface area contributed by atoms with Crippen molar-refractivity contribution in [2.45, 2.75) is 25.7 Å². The summed E-state index contributed by atoms with van der Waals surface area (Å²) in [6.07, 6.45) is 2.73. The van der Waals surface area contributed by atoms with E-state index in [0.717, 1.165) is 17.5 Å². The third kappa shape index (κ3) is 3.30. The Morgan fingerprint density at radius 2 is 1.79 bits per heavy atom. The van der Waals surface area contributed by atoms with Gasteiger partial charge >= 0.3 is 5.97 Å². The van der Waals surface area contributed by atoms with Crippen molar-refractivity contribution in [1.82, 2.24) is 0 Å². The minimum Gasteiger partial charge on any atom is -0.463 e. The van der Waals surface area contributed by atoms with Crippen LogP contribution < -0.4 is 0 Å². The standard InChI is InChI=1S/C21H20O3/c1-2-24-20(23)14-18(15-8-4-3-5-9-15)21-17-11-7-6-10-16(17)12-13-19(21)22/h3-11,14,21H,2,12-13H2,1H3/b18-14-. The first-order valence-corrected chi connectivity index (χ1v) is 8.25. The van der Waals surface area contributed by atoms with E-state index >= 15 is 0 Å². The topological polar surface area (TPSA) is 43.4 Å². The molecule has 24 heavy (non-hydrogen) atoms. The molecule has 0 saturated heterocycles. The molecule has 0 spiro atoms. The predicted molar refractivity (Wildman–Crippen MR) is 93.6 cm³/mol. The SMILES string of the molecule is CCOC(=O)/C=C(/c1ccccc1)C1C(=O)CCc2ccccc21. The van der Waals surface area contributed by atoms with Crippen LogP contribution >= 0.6 is 0 Å². The van der Waals surface area contributed by atoms with Crippen LogP contribution in [-0.2, 0) is 20.7 Å². The molecule has 1 atom stereocenters. The maximum absolute atomic E-state index is 12.7. The Morgan fingerprint density at radius 1 is 1.08 bits per heavy atom. The van der Waals surface area contributed by atoms with Crippen LogP contribution in [0.25, 0.3) is 5.57 Å². The summed E-state index contributed by atoms with van der Waals surface area (Å²) in [5.74, 6) is -0.679. The fourth-order valence-corrected chi connectivity index (χ4v) is 3.23. The molecule has 0 aromatic heterocycles. The molecule has 0 bridgehead atoms. The second-order valence-electron chi connectivity index (χ2n) is 5.82. The van der Waals surface area contributed by atoms with E-state index in [9.17, 15) is 9.59 Å². The van der Waals surface area contributed by atoms with Gasteiger partial charge in [0.25, 0.3) is 0 Å². The lowest BCUT2D eigenvalue weighted by Gasteiger charge is -2.27. The Bertz CT molecular complexity index is 775. The fraction of sp³-hybridized carbons (Fsp3) is 0.238. The van der Waals surface area contributed by atoms with Gasteiger partial charge in [0.15, 0.2) is 0 Å². The van der Waals surface area contributed by atoms with E-state index in [-0.39, 0.29) is 5.78 Å². The van der Waals surface area contributed by atoms with Crippen LogP contribution in [0.4, 0.5) is 0 Å². The number of hydrogen-bond acceptors (Lipinski definition) is 3. The average Bonchev–Trinajstić information content (AvgIpc) is 2.61. The average molecular weight is 320 g/mol. The molecule has 3 nitrogen and oxygen atoms in total. The zero-order chi connectivity index (χ0) is 16.9. The van der Waals surface area contributed by atoms with Crippen molar-refractivity contribution in [2.24, 2.45) is 0 Å². The van der Waals surface area contributed by atoms with E-state index in [1.54, 1.807) is 6.92 Å². The molecular formula is C21H20O3. The van der Waals surface area contributed by atoms with E-state index in [1.807, 2.05) is 48.5 Å². The highest BCUT2D eigenvalue weighted by Crippen LogP contribution is 2.39. The van der Waals surface area contributed by atoms with Gasteiger partial charge in [0.05, 0.1) is 12.5 Å². The van der Waals surface area contributed by atoms with Gasteiger partial charge in [-0.15, -0.1) is 0 Å². The maximum Gasteiger partial charge on any atom is 0.331 e. The zero-order valence-corrected chi connectivity index (χ0v) is 13.7. The van der Waals surface area contributed by atoms with Gasteiger partial charge in [0.1, 0.15) is 5.78 Å². The van der Waals surface area contributed by atoms with E-state index in [1.165, 1.54) is 11.6 Å². The lowest BCUT2D eigenvalue weighted by atomic mass is 9.75. The summed E-state index contributed by atoms with van der Waals surface area (Å²) in [5.41, 5.74) is 3.76. The molecule has 122 valence electrons. The van der Waals surface area contributed by atoms with Gasteiger partial charge in [-0.3, -0.25) is 4.79 Å². The van der Waals surface area contributed by atoms with Crippen molar-refractivity contribution in [2.75, 3.05) is 6.61 Å². The van der Waals surface area contributed by atoms with Crippen molar-refractivity contribution in [3.8, 4) is 0 Å². The fourth-order valence-electron chi connectivity index (χ4n) is 3.23. The number of esters is 1. The molecule has 1 aliphatic rings. The lowest BCUT2D eigenvalue weighted by Crippen LogP contribution is -2.22. The zero-order valence-electron chi connectivity index (χ0n) is 13.7. The Hall–Kier alpha value is -2.68. The highest BCUT2D eigenvalue weighted by molar-refractivity contribution is 6.04. The summed E-state index contributed by atoms with van der Waals surface area (Å²) < 4.78 is 5.08. The van der Waals surface area contributed by atoms with E-state index in [0.29, 0.717) is 18.6 Å². The number of hydrogen-bond donors (Lipinski definition) is 0. The van der Waals surface area contributed by atoms with Gasteiger partial charge in [-0.05, 0) is 35.6 Å². The lowest BCUT2D eigenvalue weighted by molar-refractivity contribution is -0.137. The van der Waals surface area contributed by atoms with Crippen LogP contribution in [0.15, 0.2) is 60.7 Å². The summed E-state index contributed by atoms with van der Waals surface area (Å²) >= 11 is 0. The minimum absolute atomic E-state index is 0.146. The molecule has 2 aromatic rings. The molecule has 0 radical (unpaired) electrons. The van der Waals surface area contributed by atoms with Crippen molar-refractivity contribution in [3.05, 3.63) is 77.4 Å². The molecule has 0 N–H and O–H groups in total. The number of fused-ring (bicyclic) bond motifs is 1. The number of carbonyl (C=O) groups is 2. The van der Waals surface area contributed by atoms with E-state index in [4.69, 9.17) is 4.74 Å². The van der Waals surface area contributed by atoms with Crippen molar-refractivity contribution in [3.63, 3.8) is 0 Å². The highest BCUT2D eigenvalue weighted by atomic mass is 16.5. The molecule has 2 aromatic carbocycles. The minimum atomic E-state index is -0.415. The maximum atomic E-state index is 12.7. The molecular weight excluding hydrogens is 300 g/mol. The smallest absolute Gasteiger partial charge is 0.331 e. The highest BCUT2D eigenvalue weighted by Gasteiger charge is 2.31. The van der Waals surface area contributed by atoms with Gasteiger partial charge in [-0.25, -0.2) is 4.79 Å². The van der Waals surface area contributed by atoms with E-state index in [2.05, 4.69) is 6.07 Å². The van der Waals surface area contributed by atoms with Crippen molar-refractivity contribution < 1.29 is 14.3 Å². The van der Waals surface area contributed by atoms with Crippen LogP contribution in [0.3, 0.4) is 0 Å². The number of benzene rings is 2. The number of aryl methyl sites for hydroxylation is 1. The van der Waals surface area contributed by atoms with Crippen LogP contribution in [0.2, 0.25) is 0 Å². The molecule has 3 heteroatoms. The number of carbonyl (C=O) groups excluding carboxylic acids is 2. The molecule has 0 saturated carbocycles. The third-order valence-corrected chi connectivity index (χ3v) is 4.31. The largest absolute Gasteiger partial charge is 0.463 e. The number of ether oxygens (including phenoxy) is 1. The number of ketones is 1.